The Kier molecular flexibility index (Phi) is 8.04. The third-order valence-electron chi connectivity index (χ3n) is 8.24. The number of benzene rings is 4. The maximum Gasteiger partial charge on any atom is -1.00 e. The van der Waals surface area contributed by atoms with E-state index in [4.69, 9.17) is 0 Å². The molecule has 0 fully saturated rings. The zero-order chi connectivity index (χ0) is 26.1. The van der Waals surface area contributed by atoms with E-state index in [-0.39, 0.29) is 24.8 Å². The molecule has 0 saturated carbocycles. The van der Waals surface area contributed by atoms with E-state index in [0.29, 0.717) is 7.35 Å². The molecule has 2 atom stereocenters. The van der Waals surface area contributed by atoms with Crippen molar-refractivity contribution in [2.75, 3.05) is 0 Å². The first kappa shape index (κ1) is 28.8. The van der Waals surface area contributed by atoms with E-state index >= 15 is 0 Å². The van der Waals surface area contributed by atoms with Crippen LogP contribution in [0.5, 0.6) is 0 Å². The maximum atomic E-state index is 2.55. The monoisotopic (exact) mass is 772 g/mol. The van der Waals surface area contributed by atoms with E-state index in [9.17, 15) is 0 Å². The first-order chi connectivity index (χ1) is 19.1. The maximum absolute atomic E-state index is 2.55. The van der Waals surface area contributed by atoms with Crippen molar-refractivity contribution in [3.05, 3.63) is 139 Å². The van der Waals surface area contributed by atoms with Crippen molar-refractivity contribution in [2.24, 2.45) is 0 Å². The Balaban J connectivity index is 0.00000151. The Morgan fingerprint density at radius 2 is 0.951 bits per heavy atom. The van der Waals surface area contributed by atoms with Crippen molar-refractivity contribution in [1.82, 2.24) is 0 Å². The number of allylic oxidation sites excluding steroid dienone is 2. The van der Waals surface area contributed by atoms with Gasteiger partial charge in [0.15, 0.2) is 0 Å². The second-order valence-electron chi connectivity index (χ2n) is 10.6. The van der Waals surface area contributed by atoms with Crippen LogP contribution in [0, 0.1) is 13.8 Å². The summed E-state index contributed by atoms with van der Waals surface area (Å²) in [4.78, 5) is 5.70. The molecule has 6 aromatic rings. The Morgan fingerprint density at radius 1 is 0.512 bits per heavy atom. The van der Waals surface area contributed by atoms with E-state index < -0.39 is 22.9 Å². The van der Waals surface area contributed by atoms with Gasteiger partial charge in [0, 0.05) is 0 Å². The molecule has 200 valence electrons. The third kappa shape index (κ3) is 4.84. The van der Waals surface area contributed by atoms with Gasteiger partial charge in [-0.25, -0.2) is 0 Å². The van der Waals surface area contributed by atoms with Crippen LogP contribution in [0.3, 0.4) is 0 Å². The predicted octanol–water partition coefficient (Wildman–Crippen LogP) is 4.71. The van der Waals surface area contributed by atoms with Crippen molar-refractivity contribution >= 4 is 67.5 Å². The molecule has 2 unspecified atom stereocenters. The average molecular weight is 772 g/mol. The molecule has 2 aliphatic rings. The molecule has 0 spiro atoms. The van der Waals surface area contributed by atoms with Gasteiger partial charge in [0.05, 0.1) is 0 Å². The number of thiophene rings is 2. The Bertz CT molecular complexity index is 1850. The summed E-state index contributed by atoms with van der Waals surface area (Å²) in [5, 5.41) is 5.48. The second-order valence-corrected chi connectivity index (χ2v) is 18.6. The molecular weight excluding hydrogens is 746 g/mol. The second kappa shape index (κ2) is 11.4. The van der Waals surface area contributed by atoms with Crippen molar-refractivity contribution < 1.29 is 47.7 Å². The van der Waals surface area contributed by atoms with Gasteiger partial charge >= 0.3 is 250 Å². The van der Waals surface area contributed by atoms with Crippen LogP contribution < -0.4 is 24.8 Å². The number of hydrogen-bond acceptors (Lipinski definition) is 2. The quantitative estimate of drug-likeness (QED) is 0.228. The van der Waals surface area contributed by atoms with Crippen molar-refractivity contribution in [1.29, 1.82) is 0 Å². The number of aryl methyl sites for hydroxylation is 2. The smallest absolute Gasteiger partial charge is 1.00 e. The summed E-state index contributed by atoms with van der Waals surface area (Å²) in [6.45, 7) is 4.48. The largest absolute Gasteiger partial charge is 1.00 e. The fourth-order valence-electron chi connectivity index (χ4n) is 6.40. The predicted molar refractivity (Wildman–Crippen MR) is 167 cm³/mol. The third-order valence-corrected chi connectivity index (χ3v) is 17.2. The topological polar surface area (TPSA) is 0 Å². The van der Waals surface area contributed by atoms with Crippen LogP contribution in [-0.2, 0) is 22.9 Å². The minimum absolute atomic E-state index is 0. The molecule has 41 heavy (non-hydrogen) atoms. The molecule has 0 amide bonds. The minimum Gasteiger partial charge on any atom is -1.00 e. The van der Waals surface area contributed by atoms with Crippen LogP contribution in [0.2, 0.25) is 0 Å². The van der Waals surface area contributed by atoms with E-state index in [1.807, 2.05) is 22.7 Å². The summed E-state index contributed by atoms with van der Waals surface area (Å²) in [6, 6.07) is 36.8. The van der Waals surface area contributed by atoms with Gasteiger partial charge in [-0.1, -0.05) is 0 Å². The molecule has 0 aliphatic heterocycles. The molecule has 4 aromatic carbocycles. The van der Waals surface area contributed by atoms with E-state index in [2.05, 4.69) is 123 Å². The van der Waals surface area contributed by atoms with Crippen LogP contribution in [0.1, 0.15) is 49.1 Å². The minimum atomic E-state index is -1.37. The summed E-state index contributed by atoms with van der Waals surface area (Å²) in [7, 11) is 0. The van der Waals surface area contributed by atoms with E-state index in [1.165, 1.54) is 52.2 Å². The first-order valence-corrected chi connectivity index (χ1v) is 19.3. The van der Waals surface area contributed by atoms with Gasteiger partial charge in [-0.15, -0.1) is 0 Å². The van der Waals surface area contributed by atoms with Crippen molar-refractivity contribution in [3.63, 3.8) is 0 Å². The molecular formula is C36H26Cl2HfS2. The molecule has 0 N–H and O–H groups in total. The normalized spacial score (nSPS) is 16.8. The number of fused-ring (bicyclic) bond motifs is 6. The Hall–Kier alpha value is -2.27. The van der Waals surface area contributed by atoms with Crippen molar-refractivity contribution in [3.8, 4) is 0 Å². The van der Waals surface area contributed by atoms with E-state index in [1.54, 1.807) is 22.3 Å². The SMILES string of the molecule is Cc1ccc(C2=Cc3c(ccc4ccccc34)[CH]2[Hf+2][CH]2C(c3ccc(C)s3)=Cc3c2ccc2ccccc32)s1.[Cl-].[Cl-]. The molecule has 8 rings (SSSR count). The molecule has 0 bridgehead atoms. The zero-order valence-electron chi connectivity index (χ0n) is 22.6. The van der Waals surface area contributed by atoms with Crippen LogP contribution in [-0.4, -0.2) is 0 Å². The fraction of sp³-hybridized carbons (Fsp3) is 0.111. The number of halogens is 2. The summed E-state index contributed by atoms with van der Waals surface area (Å²) in [5.74, 6) is 0. The zero-order valence-corrected chi connectivity index (χ0v) is 29.4. The summed E-state index contributed by atoms with van der Waals surface area (Å²) >= 11 is 2.55. The average Bonchev–Trinajstić information content (AvgIpc) is 3.74. The van der Waals surface area contributed by atoms with Gasteiger partial charge in [0.25, 0.3) is 0 Å². The molecule has 0 radical (unpaired) electrons. The molecule has 2 aliphatic carbocycles. The Morgan fingerprint density at radius 3 is 1.37 bits per heavy atom. The summed E-state index contributed by atoms with van der Waals surface area (Å²) < 4.78 is 1.10. The van der Waals surface area contributed by atoms with Crippen molar-refractivity contribution in [2.45, 2.75) is 21.2 Å². The van der Waals surface area contributed by atoms with Crippen LogP contribution in [0.25, 0.3) is 44.8 Å². The molecule has 0 saturated heterocycles. The van der Waals surface area contributed by atoms with Gasteiger partial charge < -0.3 is 24.8 Å². The number of rotatable bonds is 4. The molecule has 2 aromatic heterocycles. The Labute approximate surface area is 273 Å². The van der Waals surface area contributed by atoms with Crippen LogP contribution in [0.15, 0.2) is 97.1 Å². The molecule has 5 heteroatoms. The summed E-state index contributed by atoms with van der Waals surface area (Å²) in [5.41, 5.74) is 9.18. The summed E-state index contributed by atoms with van der Waals surface area (Å²) in [6.07, 6.45) is 5.10. The number of hydrogen-bond donors (Lipinski definition) is 0. The van der Waals surface area contributed by atoms with Crippen LogP contribution >= 0.6 is 22.7 Å². The fourth-order valence-corrected chi connectivity index (χ4v) is 16.3. The van der Waals surface area contributed by atoms with Gasteiger partial charge in [-0.2, -0.15) is 0 Å². The molecule has 2 heterocycles. The van der Waals surface area contributed by atoms with Gasteiger partial charge in [0.2, 0.25) is 0 Å². The standard InChI is InChI=1S/2C18H13S.2ClH.Hf/c2*1-12-6-9-18(19-12)15-10-14-8-7-13-4-2-3-5-16(13)17(14)11-15;;;/h2*2-11H,1H3;2*1H;/q;;;;+2/p-2. The van der Waals surface area contributed by atoms with Crippen LogP contribution in [0.4, 0.5) is 0 Å². The first-order valence-electron chi connectivity index (χ1n) is 13.5. The molecule has 0 nitrogen and oxygen atoms in total. The van der Waals surface area contributed by atoms with Gasteiger partial charge in [0.1, 0.15) is 0 Å². The van der Waals surface area contributed by atoms with Gasteiger partial charge in [-0.3, -0.25) is 0 Å². The van der Waals surface area contributed by atoms with E-state index in [0.717, 1.165) is 0 Å². The van der Waals surface area contributed by atoms with Gasteiger partial charge in [-0.05, 0) is 0 Å².